The Morgan fingerprint density at radius 2 is 1.77 bits per heavy atom. The number of ether oxygens (including phenoxy) is 1. The van der Waals surface area contributed by atoms with Crippen LogP contribution in [0.1, 0.15) is 82.5 Å². The van der Waals surface area contributed by atoms with Gasteiger partial charge in [-0.2, -0.15) is 5.26 Å². The third-order valence-corrected chi connectivity index (χ3v) is 11.5. The van der Waals surface area contributed by atoms with Crippen LogP contribution >= 0.6 is 11.6 Å². The molecule has 13 nitrogen and oxygen atoms in total. The maximum absolute atomic E-state index is 15.6. The number of amides is 4. The highest BCUT2D eigenvalue weighted by molar-refractivity contribution is 6.31. The number of aromatic nitrogens is 2. The Balaban J connectivity index is 0.893. The third kappa shape index (κ3) is 6.11. The Hall–Kier alpha value is -5.13. The normalized spacial score (nSPS) is 25.8. The number of anilines is 1. The molecule has 268 valence electrons. The largest absolute Gasteiger partial charge is 0.490 e. The SMILES string of the molecule is N#Cc1ccc(OC2CCC(N3C(=O)CC[C@@H](N4Cc5cc(CN6[C@@H]7C[C@@H]6CN(c6ccc(C(N)=O)nn6)C7)c(F)cc5C4=O)C3=O)CC2)cc1Cl. The van der Waals surface area contributed by atoms with Gasteiger partial charge >= 0.3 is 0 Å². The molecule has 5 aliphatic heterocycles. The number of likely N-dealkylation sites (tertiary alicyclic amines) is 1. The van der Waals surface area contributed by atoms with Crippen molar-refractivity contribution in [2.75, 3.05) is 18.0 Å². The van der Waals surface area contributed by atoms with Crippen molar-refractivity contribution in [2.24, 2.45) is 5.73 Å². The lowest BCUT2D eigenvalue weighted by Crippen LogP contribution is -2.68. The predicted octanol–water partition coefficient (Wildman–Crippen LogP) is 3.57. The van der Waals surface area contributed by atoms with E-state index in [-0.39, 0.29) is 66.7 Å². The van der Waals surface area contributed by atoms with Crippen LogP contribution in [-0.2, 0) is 22.7 Å². The summed E-state index contributed by atoms with van der Waals surface area (Å²) < 4.78 is 21.7. The van der Waals surface area contributed by atoms with Gasteiger partial charge in [0.25, 0.3) is 17.7 Å². The van der Waals surface area contributed by atoms with Crippen LogP contribution in [0, 0.1) is 17.1 Å². The molecule has 5 fully saturated rings. The molecule has 0 radical (unpaired) electrons. The topological polar surface area (TPSA) is 166 Å². The number of fused-ring (bicyclic) bond motifs is 3. The summed E-state index contributed by atoms with van der Waals surface area (Å²) in [5, 5.41) is 17.5. The van der Waals surface area contributed by atoms with Gasteiger partial charge in [-0.25, -0.2) is 4.39 Å². The van der Waals surface area contributed by atoms with Crippen LogP contribution in [0.4, 0.5) is 10.2 Å². The molecule has 0 spiro atoms. The first-order valence-corrected chi connectivity index (χ1v) is 17.9. The van der Waals surface area contributed by atoms with Gasteiger partial charge in [0, 0.05) is 67.9 Å². The molecule has 4 amide bonds. The molecule has 15 heteroatoms. The van der Waals surface area contributed by atoms with Gasteiger partial charge in [-0.1, -0.05) is 11.6 Å². The molecule has 1 aromatic heterocycles. The van der Waals surface area contributed by atoms with E-state index in [4.69, 9.17) is 27.3 Å². The highest BCUT2D eigenvalue weighted by Gasteiger charge is 2.47. The summed E-state index contributed by atoms with van der Waals surface area (Å²) in [4.78, 5) is 59.3. The summed E-state index contributed by atoms with van der Waals surface area (Å²) in [5.41, 5.74) is 7.18. The lowest BCUT2D eigenvalue weighted by Gasteiger charge is -2.56. The fourth-order valence-electron chi connectivity index (χ4n) is 8.47. The van der Waals surface area contributed by atoms with Crippen molar-refractivity contribution < 1.29 is 28.3 Å². The van der Waals surface area contributed by atoms with Crippen molar-refractivity contribution >= 4 is 41.0 Å². The number of piperidine rings is 2. The monoisotopic (exact) mass is 726 g/mol. The van der Waals surface area contributed by atoms with Gasteiger partial charge in [-0.15, -0.1) is 10.2 Å². The highest BCUT2D eigenvalue weighted by Crippen LogP contribution is 2.38. The quantitative estimate of drug-likeness (QED) is 0.339. The molecule has 9 rings (SSSR count). The zero-order valence-corrected chi connectivity index (χ0v) is 29.0. The summed E-state index contributed by atoms with van der Waals surface area (Å²) >= 11 is 6.16. The van der Waals surface area contributed by atoms with E-state index < -0.39 is 23.7 Å². The van der Waals surface area contributed by atoms with Crippen LogP contribution in [0.5, 0.6) is 5.75 Å². The van der Waals surface area contributed by atoms with Gasteiger partial charge in [0.1, 0.15) is 23.7 Å². The van der Waals surface area contributed by atoms with Crippen LogP contribution in [0.2, 0.25) is 5.02 Å². The van der Waals surface area contributed by atoms with E-state index in [0.29, 0.717) is 78.6 Å². The van der Waals surface area contributed by atoms with E-state index in [1.165, 1.54) is 15.9 Å². The number of carbonyl (C=O) groups is 4. The van der Waals surface area contributed by atoms with Crippen LogP contribution in [0.25, 0.3) is 0 Å². The summed E-state index contributed by atoms with van der Waals surface area (Å²) in [6.07, 6.45) is 3.58. The van der Waals surface area contributed by atoms with E-state index >= 15 is 4.39 Å². The Labute approximate surface area is 304 Å². The number of hydrogen-bond acceptors (Lipinski definition) is 10. The van der Waals surface area contributed by atoms with E-state index in [0.717, 1.165) is 6.42 Å². The number of nitrogens with zero attached hydrogens (tertiary/aromatic N) is 7. The number of nitrogens with two attached hydrogens (primary N) is 1. The second kappa shape index (κ2) is 13.4. The molecule has 6 aliphatic rings. The number of halogens is 2. The highest BCUT2D eigenvalue weighted by atomic mass is 35.5. The van der Waals surface area contributed by atoms with E-state index in [1.54, 1.807) is 36.4 Å². The Bertz CT molecular complexity index is 2000. The zero-order valence-electron chi connectivity index (χ0n) is 28.2. The maximum atomic E-state index is 15.6. The van der Waals surface area contributed by atoms with Gasteiger partial charge in [0.2, 0.25) is 5.91 Å². The Morgan fingerprint density at radius 1 is 1.00 bits per heavy atom. The van der Waals surface area contributed by atoms with Crippen molar-refractivity contribution in [3.05, 3.63) is 81.3 Å². The summed E-state index contributed by atoms with van der Waals surface area (Å²) in [7, 11) is 0. The molecule has 2 bridgehead atoms. The van der Waals surface area contributed by atoms with Crippen molar-refractivity contribution in [2.45, 2.75) is 88.3 Å². The van der Waals surface area contributed by atoms with Gasteiger partial charge in [-0.05, 0) is 80.5 Å². The fraction of sp³-hybridized carbons (Fsp3) is 0.432. The number of imide groups is 1. The molecule has 3 aromatic rings. The van der Waals surface area contributed by atoms with Gasteiger partial charge < -0.3 is 20.3 Å². The van der Waals surface area contributed by atoms with Crippen molar-refractivity contribution in [1.82, 2.24) is 24.9 Å². The number of rotatable bonds is 8. The first-order chi connectivity index (χ1) is 25.1. The van der Waals surface area contributed by atoms with Crippen LogP contribution in [-0.4, -0.2) is 91.9 Å². The van der Waals surface area contributed by atoms with Crippen molar-refractivity contribution in [3.8, 4) is 11.8 Å². The number of benzene rings is 2. The average Bonchev–Trinajstić information content (AvgIpc) is 3.45. The lowest BCUT2D eigenvalue weighted by atomic mass is 9.86. The fourth-order valence-corrected chi connectivity index (χ4v) is 8.68. The molecule has 3 atom stereocenters. The van der Waals surface area contributed by atoms with Gasteiger partial charge in [0.15, 0.2) is 11.5 Å². The first kappa shape index (κ1) is 34.0. The van der Waals surface area contributed by atoms with Gasteiger partial charge in [-0.3, -0.25) is 29.0 Å². The van der Waals surface area contributed by atoms with Crippen molar-refractivity contribution in [3.63, 3.8) is 0 Å². The van der Waals surface area contributed by atoms with Crippen LogP contribution in [0.15, 0.2) is 42.5 Å². The molecule has 1 saturated carbocycles. The van der Waals surface area contributed by atoms with Gasteiger partial charge in [0.05, 0.1) is 16.7 Å². The van der Waals surface area contributed by atoms with E-state index in [1.807, 2.05) is 6.07 Å². The summed E-state index contributed by atoms with van der Waals surface area (Å²) in [6, 6.07) is 12.5. The van der Waals surface area contributed by atoms with E-state index in [2.05, 4.69) is 20.0 Å². The number of hydrogen-bond donors (Lipinski definition) is 1. The standard InChI is InChI=1S/C37H36ClFN8O5/c38-29-13-27(4-1-20(29)15-40)52-26-5-2-23(3-6-26)47-34(48)10-8-32(37(47)51)46-16-21-11-22(30(39)14-28(21)36(46)50)17-45-24-12-25(45)19-44(18-24)33-9-7-31(35(41)49)42-43-33/h1,4,7,9,11,13-14,23-26,32H,2-3,5-6,8,10,12,16-19H2,(H2,41,49)/t23?,24-,25-,26?,32-/m1/s1. The molecule has 1 aliphatic carbocycles. The molecule has 52 heavy (non-hydrogen) atoms. The number of primary amides is 1. The summed E-state index contributed by atoms with van der Waals surface area (Å²) in [5.74, 6) is -0.896. The third-order valence-electron chi connectivity index (χ3n) is 11.2. The molecule has 0 unspecified atom stereocenters. The second-order valence-electron chi connectivity index (χ2n) is 14.3. The minimum Gasteiger partial charge on any atom is -0.490 e. The molecule has 6 heterocycles. The van der Waals surface area contributed by atoms with Crippen molar-refractivity contribution in [1.29, 1.82) is 5.26 Å². The molecular formula is C37H36ClFN8O5. The van der Waals surface area contributed by atoms with Crippen LogP contribution < -0.4 is 15.4 Å². The Morgan fingerprint density at radius 3 is 2.44 bits per heavy atom. The molecule has 2 aromatic carbocycles. The van der Waals surface area contributed by atoms with E-state index in [9.17, 15) is 19.2 Å². The summed E-state index contributed by atoms with van der Waals surface area (Å²) in [6.45, 7) is 1.92. The maximum Gasteiger partial charge on any atom is 0.269 e. The smallest absolute Gasteiger partial charge is 0.269 e. The van der Waals surface area contributed by atoms with Crippen LogP contribution in [0.3, 0.4) is 0 Å². The lowest BCUT2D eigenvalue weighted by molar-refractivity contribution is -0.156. The molecular weight excluding hydrogens is 691 g/mol. The first-order valence-electron chi connectivity index (χ1n) is 17.6. The number of nitriles is 1. The average molecular weight is 727 g/mol. The minimum absolute atomic E-state index is 0.105. The minimum atomic E-state index is -0.806. The number of carbonyl (C=O) groups excluding carboxylic acids is 4. The number of piperazine rings is 1. The molecule has 2 N–H and O–H groups in total. The predicted molar refractivity (Wildman–Crippen MR) is 184 cm³/mol. The Kier molecular flexibility index (Phi) is 8.79. The zero-order chi connectivity index (χ0) is 36.3. The second-order valence-corrected chi connectivity index (χ2v) is 14.7. The molecule has 4 saturated heterocycles.